The summed E-state index contributed by atoms with van der Waals surface area (Å²) in [6, 6.07) is 3.49. The molecule has 0 spiro atoms. The molecule has 15 heavy (non-hydrogen) atoms. The molecule has 80 valence electrons. The highest BCUT2D eigenvalue weighted by Crippen LogP contribution is 2.36. The fraction of sp³-hybridized carbons (Fsp3) is 0.545. The monoisotopic (exact) mass is 206 g/mol. The van der Waals surface area contributed by atoms with E-state index in [1.807, 2.05) is 33.8 Å². The molecule has 1 aliphatic rings. The van der Waals surface area contributed by atoms with Gasteiger partial charge in [-0.15, -0.1) is 0 Å². The van der Waals surface area contributed by atoms with Gasteiger partial charge >= 0.3 is 7.12 Å². The minimum atomic E-state index is -0.405. The van der Waals surface area contributed by atoms with Crippen LogP contribution < -0.4 is 5.46 Å². The summed E-state index contributed by atoms with van der Waals surface area (Å²) in [5.41, 5.74) is 0.158. The van der Waals surface area contributed by atoms with Gasteiger partial charge in [-0.2, -0.15) is 0 Å². The number of hydrogen-bond acceptors (Lipinski definition) is 3. The second-order valence-electron chi connectivity index (χ2n) is 4.81. The maximum Gasteiger partial charge on any atom is 0.494 e. The lowest BCUT2D eigenvalue weighted by Crippen LogP contribution is -2.41. The molecule has 0 amide bonds. The minimum absolute atomic E-state index is 0.229. The van der Waals surface area contributed by atoms with Gasteiger partial charge in [-0.25, -0.2) is 0 Å². The van der Waals surface area contributed by atoms with Crippen molar-refractivity contribution in [2.75, 3.05) is 0 Å². The molecule has 3 nitrogen and oxygen atoms in total. The highest BCUT2D eigenvalue weighted by Gasteiger charge is 2.51. The van der Waals surface area contributed by atoms with E-state index in [1.54, 1.807) is 12.3 Å². The van der Waals surface area contributed by atoms with E-state index in [9.17, 15) is 0 Å². The van der Waals surface area contributed by atoms with Crippen LogP contribution in [-0.2, 0) is 9.31 Å². The van der Waals surface area contributed by atoms with Crippen LogP contribution >= 0.6 is 0 Å². The third-order valence-electron chi connectivity index (χ3n) is 3.17. The molecule has 2 heterocycles. The zero-order valence-electron chi connectivity index (χ0n) is 10.6. The topological polar surface area (TPSA) is 31.4 Å². The average Bonchev–Trinajstić information content (AvgIpc) is 2.36. The predicted molar refractivity (Wildman–Crippen MR) is 60.0 cm³/mol. The first kappa shape index (κ1) is 9.37. The first-order valence-electron chi connectivity index (χ1n) is 5.60. The Morgan fingerprint density at radius 3 is 2.33 bits per heavy atom. The van der Waals surface area contributed by atoms with Gasteiger partial charge in [-0.1, -0.05) is 0 Å². The third kappa shape index (κ3) is 1.79. The molecule has 0 aromatic carbocycles. The first-order chi connectivity index (χ1) is 7.32. The molecule has 0 bridgehead atoms. The predicted octanol–water partition coefficient (Wildman–Crippen LogP) is 1.38. The molecule has 4 heteroatoms. The normalized spacial score (nSPS) is 24.0. The summed E-state index contributed by atoms with van der Waals surface area (Å²) >= 11 is 0. The summed E-state index contributed by atoms with van der Waals surface area (Å²) in [6.07, 6.45) is 1.83. The highest BCUT2D eigenvalue weighted by molar-refractivity contribution is 6.62. The van der Waals surface area contributed by atoms with Crippen LogP contribution in [0.15, 0.2) is 24.5 Å². The summed E-state index contributed by atoms with van der Waals surface area (Å²) in [5, 5.41) is 0. The van der Waals surface area contributed by atoms with Gasteiger partial charge in [0, 0.05) is 12.4 Å². The van der Waals surface area contributed by atoms with Gasteiger partial charge in [0.2, 0.25) is 0 Å². The smallest absolute Gasteiger partial charge is 0.399 e. The first-order valence-corrected chi connectivity index (χ1v) is 5.10. The van der Waals surface area contributed by atoms with Crippen molar-refractivity contribution < 1.29 is 10.7 Å². The largest absolute Gasteiger partial charge is 0.494 e. The van der Waals surface area contributed by atoms with Crippen molar-refractivity contribution in [1.82, 2.24) is 4.98 Å². The third-order valence-corrected chi connectivity index (χ3v) is 3.17. The summed E-state index contributed by atoms with van der Waals surface area (Å²) < 4.78 is 19.2. The number of aromatic nitrogens is 1. The Morgan fingerprint density at radius 2 is 1.80 bits per heavy atom. The van der Waals surface area contributed by atoms with Crippen LogP contribution in [0.4, 0.5) is 0 Å². The second kappa shape index (κ2) is 3.32. The number of rotatable bonds is 1. The fourth-order valence-corrected chi connectivity index (χ4v) is 1.45. The Hall–Kier alpha value is -0.865. The van der Waals surface area contributed by atoms with Gasteiger partial charge in [-0.05, 0) is 45.3 Å². The van der Waals surface area contributed by atoms with Gasteiger partial charge in [0.05, 0.1) is 12.6 Å². The molecule has 0 aliphatic carbocycles. The highest BCUT2D eigenvalue weighted by atomic mass is 16.7. The van der Waals surface area contributed by atoms with Gasteiger partial charge < -0.3 is 9.31 Å². The van der Waals surface area contributed by atoms with Crippen molar-refractivity contribution in [3.05, 3.63) is 24.5 Å². The van der Waals surface area contributed by atoms with E-state index in [4.69, 9.17) is 10.7 Å². The van der Waals surface area contributed by atoms with E-state index in [-0.39, 0.29) is 17.4 Å². The molecule has 2 rings (SSSR count). The van der Waals surface area contributed by atoms with Crippen molar-refractivity contribution in [2.45, 2.75) is 38.9 Å². The van der Waals surface area contributed by atoms with Crippen LogP contribution in [0.5, 0.6) is 0 Å². The van der Waals surface area contributed by atoms with Gasteiger partial charge in [0.15, 0.2) is 0 Å². The van der Waals surface area contributed by atoms with E-state index in [0.717, 1.165) is 5.46 Å². The Bertz CT molecular complexity index is 393. The fourth-order valence-electron chi connectivity index (χ4n) is 1.45. The summed E-state index contributed by atoms with van der Waals surface area (Å²) in [6.45, 7) is 8.04. The number of hydrogen-bond donors (Lipinski definition) is 0. The standard InChI is InChI=1S/C11H16BNO2/c1-10(2)11(3,4)15-12(14-10)9-5-7-13-8-6-9/h5-8H,1-4H3/i7D. The molecular formula is C11H16BNO2. The van der Waals surface area contributed by atoms with Crippen LogP contribution in [0.2, 0.25) is 0 Å². The zero-order chi connectivity index (χ0) is 12.0. The lowest BCUT2D eigenvalue weighted by molar-refractivity contribution is 0.00578. The van der Waals surface area contributed by atoms with Crippen molar-refractivity contribution in [2.24, 2.45) is 0 Å². The quantitative estimate of drug-likeness (QED) is 0.650. The van der Waals surface area contributed by atoms with Crippen molar-refractivity contribution in [1.29, 1.82) is 0 Å². The maximum atomic E-state index is 7.48. The molecule has 1 saturated heterocycles. The number of nitrogens with zero attached hydrogens (tertiary/aromatic N) is 1. The van der Waals surface area contributed by atoms with E-state index < -0.39 is 7.12 Å². The lowest BCUT2D eigenvalue weighted by Gasteiger charge is -2.32. The lowest BCUT2D eigenvalue weighted by atomic mass is 9.80. The minimum Gasteiger partial charge on any atom is -0.399 e. The maximum absolute atomic E-state index is 7.48. The summed E-state index contributed by atoms with van der Waals surface area (Å²) in [4.78, 5) is 3.84. The molecule has 0 radical (unpaired) electrons. The van der Waals surface area contributed by atoms with Crippen LogP contribution in [0.25, 0.3) is 0 Å². The van der Waals surface area contributed by atoms with E-state index in [1.165, 1.54) is 0 Å². The van der Waals surface area contributed by atoms with Crippen LogP contribution in [0.3, 0.4) is 0 Å². The summed E-state index contributed by atoms with van der Waals surface area (Å²) in [7, 11) is -0.405. The van der Waals surface area contributed by atoms with Gasteiger partial charge in [-0.3, -0.25) is 4.98 Å². The Labute approximate surface area is 92.4 Å². The molecule has 0 unspecified atom stereocenters. The molecule has 0 N–H and O–H groups in total. The van der Waals surface area contributed by atoms with Crippen LogP contribution in [0.1, 0.15) is 29.1 Å². The Balaban J connectivity index is 2.27. The van der Waals surface area contributed by atoms with Crippen LogP contribution in [0, 0.1) is 0 Å². The van der Waals surface area contributed by atoms with E-state index in [2.05, 4.69) is 4.98 Å². The molecule has 0 saturated carbocycles. The SMILES string of the molecule is [2H]c1cc(B2OC(C)(C)C(C)(C)O2)ccn1. The van der Waals surface area contributed by atoms with Crippen molar-refractivity contribution in [3.63, 3.8) is 0 Å². The number of pyridine rings is 1. The molecule has 1 fully saturated rings. The molecular weight excluding hydrogens is 189 g/mol. The van der Waals surface area contributed by atoms with Gasteiger partial charge in [0.25, 0.3) is 0 Å². The second-order valence-corrected chi connectivity index (χ2v) is 4.81. The zero-order valence-corrected chi connectivity index (χ0v) is 9.57. The van der Waals surface area contributed by atoms with Gasteiger partial charge in [0.1, 0.15) is 0 Å². The van der Waals surface area contributed by atoms with Crippen LogP contribution in [-0.4, -0.2) is 23.3 Å². The molecule has 1 aromatic heterocycles. The summed E-state index contributed by atoms with van der Waals surface area (Å²) in [5.74, 6) is 0. The van der Waals surface area contributed by atoms with E-state index >= 15 is 0 Å². The Kier molecular flexibility index (Phi) is 2.07. The molecule has 1 aliphatic heterocycles. The average molecular weight is 206 g/mol. The molecule has 0 atom stereocenters. The van der Waals surface area contributed by atoms with Crippen molar-refractivity contribution >= 4 is 12.6 Å². The van der Waals surface area contributed by atoms with E-state index in [0.29, 0.717) is 0 Å². The molecule has 1 aromatic rings. The Morgan fingerprint density at radius 1 is 1.20 bits per heavy atom. The van der Waals surface area contributed by atoms with Crippen molar-refractivity contribution in [3.8, 4) is 0 Å².